The van der Waals surface area contributed by atoms with Crippen LogP contribution in [-0.4, -0.2) is 0 Å². The molecule has 9 atom stereocenters. The molecule has 8 bridgehead atoms. The first-order chi connectivity index (χ1) is 8.36. The summed E-state index contributed by atoms with van der Waals surface area (Å²) in [6.45, 7) is 10.6. The molecule has 0 saturated heterocycles. The molecule has 7 rings (SSSR count). The van der Waals surface area contributed by atoms with Crippen molar-refractivity contribution in [2.45, 2.75) is 59.8 Å². The first-order valence-electron chi connectivity index (χ1n) is 8.36. The molecule has 100 valence electrons. The largest absolute Gasteiger partial charge is 0.0617 e. The van der Waals surface area contributed by atoms with Gasteiger partial charge in [0.2, 0.25) is 0 Å². The smallest absolute Gasteiger partial charge is 0.0258 e. The van der Waals surface area contributed by atoms with Gasteiger partial charge in [-0.15, -0.1) is 0 Å². The Morgan fingerprint density at radius 2 is 1.56 bits per heavy atom. The summed E-state index contributed by atoms with van der Waals surface area (Å²) >= 11 is 0. The summed E-state index contributed by atoms with van der Waals surface area (Å²) in [7, 11) is 0. The van der Waals surface area contributed by atoms with E-state index in [1.807, 2.05) is 0 Å². The topological polar surface area (TPSA) is 0 Å². The Kier molecular flexibility index (Phi) is 1.55. The lowest BCUT2D eigenvalue weighted by Gasteiger charge is -2.80. The van der Waals surface area contributed by atoms with Crippen molar-refractivity contribution in [1.82, 2.24) is 0 Å². The van der Waals surface area contributed by atoms with Gasteiger partial charge < -0.3 is 0 Å². The van der Waals surface area contributed by atoms with Crippen LogP contribution in [0.4, 0.5) is 0 Å². The van der Waals surface area contributed by atoms with Crippen LogP contribution in [0.2, 0.25) is 0 Å². The van der Waals surface area contributed by atoms with E-state index in [2.05, 4.69) is 27.7 Å². The van der Waals surface area contributed by atoms with E-state index >= 15 is 0 Å². The van der Waals surface area contributed by atoms with Crippen molar-refractivity contribution in [3.8, 4) is 0 Å². The van der Waals surface area contributed by atoms with Gasteiger partial charge in [0, 0.05) is 0 Å². The van der Waals surface area contributed by atoms with E-state index < -0.39 is 0 Å². The number of hydrogen-bond donors (Lipinski definition) is 0. The fourth-order valence-corrected chi connectivity index (χ4v) is 8.58. The Bertz CT molecular complexity index is 439. The number of hydrogen-bond acceptors (Lipinski definition) is 0. The summed E-state index contributed by atoms with van der Waals surface area (Å²) in [6.07, 6.45) is 7.89. The molecule has 0 spiro atoms. The van der Waals surface area contributed by atoms with Gasteiger partial charge in [-0.3, -0.25) is 0 Å². The van der Waals surface area contributed by atoms with Crippen molar-refractivity contribution < 1.29 is 0 Å². The van der Waals surface area contributed by atoms with Crippen LogP contribution in [0.3, 0.4) is 0 Å². The highest BCUT2D eigenvalue weighted by Crippen LogP contribution is 2.81. The molecule has 0 nitrogen and oxygen atoms in total. The zero-order chi connectivity index (χ0) is 12.5. The van der Waals surface area contributed by atoms with Gasteiger partial charge >= 0.3 is 0 Å². The summed E-state index contributed by atoms with van der Waals surface area (Å²) in [4.78, 5) is 0. The molecule has 7 fully saturated rings. The SMILES string of the molecule is CC1C2C3CC4(C)CC5C3CC1(C)CC5(C)C2C4. The van der Waals surface area contributed by atoms with Crippen molar-refractivity contribution in [3.63, 3.8) is 0 Å². The Hall–Kier alpha value is 0. The normalized spacial score (nSPS) is 75.3. The second-order valence-electron chi connectivity index (χ2n) is 9.87. The molecule has 0 aromatic heterocycles. The molecule has 0 aliphatic heterocycles. The van der Waals surface area contributed by atoms with Crippen LogP contribution < -0.4 is 0 Å². The molecule has 0 N–H and O–H groups in total. The Morgan fingerprint density at radius 1 is 0.833 bits per heavy atom. The van der Waals surface area contributed by atoms with Crippen LogP contribution in [0.5, 0.6) is 0 Å². The minimum atomic E-state index is 0.707. The lowest BCUT2D eigenvalue weighted by Crippen LogP contribution is -2.73. The van der Waals surface area contributed by atoms with Crippen LogP contribution in [0.15, 0.2) is 0 Å². The average molecular weight is 244 g/mol. The summed E-state index contributed by atoms with van der Waals surface area (Å²) in [5.41, 5.74) is 2.20. The van der Waals surface area contributed by atoms with Crippen LogP contribution in [0.1, 0.15) is 59.8 Å². The molecule has 7 aliphatic carbocycles. The highest BCUT2D eigenvalue weighted by Gasteiger charge is 2.74. The average Bonchev–Trinajstić information content (AvgIpc) is 2.27. The van der Waals surface area contributed by atoms with Gasteiger partial charge in [0.25, 0.3) is 0 Å². The Morgan fingerprint density at radius 3 is 2.33 bits per heavy atom. The Labute approximate surface area is 112 Å². The fourth-order valence-electron chi connectivity index (χ4n) is 8.58. The zero-order valence-corrected chi connectivity index (χ0v) is 12.5. The molecule has 0 amide bonds. The van der Waals surface area contributed by atoms with Crippen molar-refractivity contribution in [2.24, 2.45) is 51.8 Å². The molecule has 0 radical (unpaired) electrons. The number of rotatable bonds is 0. The van der Waals surface area contributed by atoms with E-state index in [1.165, 1.54) is 0 Å². The van der Waals surface area contributed by atoms with Gasteiger partial charge in [-0.05, 0) is 83.9 Å². The summed E-state index contributed by atoms with van der Waals surface area (Å²) in [5, 5.41) is 0. The molecule has 0 heterocycles. The van der Waals surface area contributed by atoms with Gasteiger partial charge in [-0.1, -0.05) is 27.7 Å². The minimum Gasteiger partial charge on any atom is -0.0617 e. The van der Waals surface area contributed by atoms with Crippen molar-refractivity contribution in [3.05, 3.63) is 0 Å². The zero-order valence-electron chi connectivity index (χ0n) is 12.5. The molecule has 9 unspecified atom stereocenters. The maximum absolute atomic E-state index is 2.70. The maximum Gasteiger partial charge on any atom is -0.0258 e. The second-order valence-corrected chi connectivity index (χ2v) is 9.87. The van der Waals surface area contributed by atoms with Crippen LogP contribution in [-0.2, 0) is 0 Å². The maximum atomic E-state index is 2.70. The minimum absolute atomic E-state index is 0.707. The third-order valence-electron chi connectivity index (χ3n) is 9.04. The third-order valence-corrected chi connectivity index (χ3v) is 9.04. The van der Waals surface area contributed by atoms with Crippen LogP contribution >= 0.6 is 0 Å². The highest BCUT2D eigenvalue weighted by molar-refractivity contribution is 5.23. The van der Waals surface area contributed by atoms with E-state index in [0.29, 0.717) is 5.41 Å². The van der Waals surface area contributed by atoms with E-state index in [-0.39, 0.29) is 0 Å². The van der Waals surface area contributed by atoms with E-state index in [9.17, 15) is 0 Å². The van der Waals surface area contributed by atoms with E-state index in [0.717, 1.165) is 46.3 Å². The monoisotopic (exact) mass is 244 g/mol. The van der Waals surface area contributed by atoms with Gasteiger partial charge in [-0.2, -0.15) is 0 Å². The lowest BCUT2D eigenvalue weighted by atomic mass is 9.25. The summed E-state index contributed by atoms with van der Waals surface area (Å²) in [5.74, 6) is 6.58. The third kappa shape index (κ3) is 0.879. The molecule has 18 heavy (non-hydrogen) atoms. The molecular weight excluding hydrogens is 216 g/mol. The van der Waals surface area contributed by atoms with Crippen molar-refractivity contribution in [1.29, 1.82) is 0 Å². The molecule has 7 saturated carbocycles. The lowest BCUT2D eigenvalue weighted by molar-refractivity contribution is -0.310. The van der Waals surface area contributed by atoms with Gasteiger partial charge in [-0.25, -0.2) is 0 Å². The predicted octanol–water partition coefficient (Wildman–Crippen LogP) is 4.74. The second kappa shape index (κ2) is 2.59. The van der Waals surface area contributed by atoms with E-state index in [4.69, 9.17) is 0 Å². The van der Waals surface area contributed by atoms with Crippen LogP contribution in [0, 0.1) is 51.8 Å². The molecule has 0 aromatic rings. The first kappa shape index (κ1) is 10.7. The predicted molar refractivity (Wildman–Crippen MR) is 74.0 cm³/mol. The van der Waals surface area contributed by atoms with Gasteiger partial charge in [0.15, 0.2) is 0 Å². The van der Waals surface area contributed by atoms with Crippen LogP contribution in [0.25, 0.3) is 0 Å². The van der Waals surface area contributed by atoms with Crippen molar-refractivity contribution >= 4 is 0 Å². The summed E-state index contributed by atoms with van der Waals surface area (Å²) in [6, 6.07) is 0. The Balaban J connectivity index is 1.73. The first-order valence-corrected chi connectivity index (χ1v) is 8.36. The fraction of sp³-hybridized carbons (Fsp3) is 1.00. The molecule has 7 aliphatic rings. The van der Waals surface area contributed by atoms with E-state index in [1.54, 1.807) is 32.1 Å². The van der Waals surface area contributed by atoms with Crippen molar-refractivity contribution in [2.75, 3.05) is 0 Å². The molecular formula is C18H28. The highest BCUT2D eigenvalue weighted by atomic mass is 14.8. The van der Waals surface area contributed by atoms with Gasteiger partial charge in [0.05, 0.1) is 0 Å². The quantitative estimate of drug-likeness (QED) is 0.577. The molecule has 0 aromatic carbocycles. The summed E-state index contributed by atoms with van der Waals surface area (Å²) < 4.78 is 0. The standard InChI is InChI=1S/C18H28/c1-10-15-12-5-16(2)7-13-11(12)6-17(10,3)9-18(13,4)14(15)8-16/h10-15H,5-9H2,1-4H3. The van der Waals surface area contributed by atoms with Gasteiger partial charge in [0.1, 0.15) is 0 Å². The molecule has 0 heteroatoms.